The van der Waals surface area contributed by atoms with Gasteiger partial charge in [-0.3, -0.25) is 0 Å². The maximum absolute atomic E-state index is 14.2. The van der Waals surface area contributed by atoms with Crippen LogP contribution in [0.1, 0.15) is 11.1 Å². The first-order chi connectivity index (χ1) is 16.1. The molecule has 0 spiro atoms. The Hall–Kier alpha value is -3.70. The van der Waals surface area contributed by atoms with Gasteiger partial charge in [-0.15, -0.1) is 0 Å². The number of aliphatic hydroxyl groups is 1. The van der Waals surface area contributed by atoms with E-state index >= 15 is 0 Å². The molecule has 2 heterocycles. The van der Waals surface area contributed by atoms with Gasteiger partial charge in [-0.25, -0.2) is 14.4 Å². The van der Waals surface area contributed by atoms with Crippen LogP contribution in [0.4, 0.5) is 23.5 Å². The normalized spacial score (nSPS) is 13.7. The molecule has 34 heavy (non-hydrogen) atoms. The summed E-state index contributed by atoms with van der Waals surface area (Å²) in [5.41, 5.74) is 2.23. The lowest BCUT2D eigenvalue weighted by Crippen LogP contribution is -2.43. The van der Waals surface area contributed by atoms with Crippen LogP contribution in [0.2, 0.25) is 0 Å². The molecule has 11 heteroatoms. The molecular formula is C23H20F4N4O3. The lowest BCUT2D eigenvalue weighted by atomic mass is 9.84. The van der Waals surface area contributed by atoms with E-state index in [0.717, 1.165) is 24.3 Å². The van der Waals surface area contributed by atoms with Crippen LogP contribution >= 0.6 is 0 Å². The van der Waals surface area contributed by atoms with Crippen molar-refractivity contribution in [1.29, 1.82) is 0 Å². The van der Waals surface area contributed by atoms with Gasteiger partial charge in [0.15, 0.2) is 5.75 Å². The minimum absolute atomic E-state index is 0.0637. The fraction of sp³-hybridized carbons (Fsp3) is 0.217. The topological polar surface area (TPSA) is 106 Å². The number of anilines is 1. The molecule has 0 aliphatic carbocycles. The minimum Gasteiger partial charge on any atom is -0.487 e. The van der Waals surface area contributed by atoms with Gasteiger partial charge in [-0.05, 0) is 29.8 Å². The summed E-state index contributed by atoms with van der Waals surface area (Å²) in [5.74, 6) is -0.724. The number of aromatic amines is 1. The van der Waals surface area contributed by atoms with E-state index < -0.39 is 28.7 Å². The molecule has 0 bridgehead atoms. The molecule has 1 unspecified atom stereocenters. The van der Waals surface area contributed by atoms with Gasteiger partial charge in [0.25, 0.3) is 0 Å². The Morgan fingerprint density at radius 3 is 2.56 bits per heavy atom. The fourth-order valence-electron chi connectivity index (χ4n) is 3.67. The van der Waals surface area contributed by atoms with Crippen LogP contribution in [0, 0.1) is 5.82 Å². The third-order valence-electron chi connectivity index (χ3n) is 5.33. The highest BCUT2D eigenvalue weighted by Crippen LogP contribution is 2.46. The van der Waals surface area contributed by atoms with Crippen LogP contribution in [0.25, 0.3) is 22.2 Å². The van der Waals surface area contributed by atoms with E-state index in [-0.39, 0.29) is 30.6 Å². The first-order valence-corrected chi connectivity index (χ1v) is 10.1. The van der Waals surface area contributed by atoms with Crippen molar-refractivity contribution in [3.63, 3.8) is 0 Å². The molecule has 0 fully saturated rings. The van der Waals surface area contributed by atoms with Crippen molar-refractivity contribution in [2.45, 2.75) is 11.8 Å². The summed E-state index contributed by atoms with van der Waals surface area (Å²) in [7, 11) is 1.51. The van der Waals surface area contributed by atoms with Crippen molar-refractivity contribution in [3.8, 4) is 17.0 Å². The average molecular weight is 476 g/mol. The van der Waals surface area contributed by atoms with Crippen molar-refractivity contribution >= 4 is 16.9 Å². The van der Waals surface area contributed by atoms with Gasteiger partial charge in [0, 0.05) is 35.3 Å². The SMILES string of the molecule is COCCOc1cnc(N)nc1-c1c[nH]c2ccc(C(O)(c3cccc(F)c3)C(F)(F)F)cc12. The van der Waals surface area contributed by atoms with Crippen molar-refractivity contribution in [3.05, 3.63) is 71.8 Å². The monoisotopic (exact) mass is 476 g/mol. The zero-order valence-corrected chi connectivity index (χ0v) is 17.9. The maximum atomic E-state index is 14.2. The van der Waals surface area contributed by atoms with Crippen LogP contribution < -0.4 is 10.5 Å². The zero-order valence-electron chi connectivity index (χ0n) is 17.9. The predicted molar refractivity (Wildman–Crippen MR) is 117 cm³/mol. The largest absolute Gasteiger partial charge is 0.487 e. The smallest absolute Gasteiger partial charge is 0.425 e. The highest BCUT2D eigenvalue weighted by atomic mass is 19.4. The highest BCUT2D eigenvalue weighted by molar-refractivity contribution is 5.96. The van der Waals surface area contributed by atoms with Gasteiger partial charge in [0.05, 0.1) is 12.8 Å². The molecule has 1 atom stereocenters. The summed E-state index contributed by atoms with van der Waals surface area (Å²) >= 11 is 0. The number of alkyl halides is 3. The summed E-state index contributed by atoms with van der Waals surface area (Å²) < 4.78 is 67.0. The molecular weight excluding hydrogens is 456 g/mol. The van der Waals surface area contributed by atoms with Crippen molar-refractivity contribution in [2.75, 3.05) is 26.1 Å². The van der Waals surface area contributed by atoms with E-state index in [9.17, 15) is 22.7 Å². The quantitative estimate of drug-likeness (QED) is 0.273. The van der Waals surface area contributed by atoms with E-state index in [4.69, 9.17) is 15.2 Å². The van der Waals surface area contributed by atoms with Gasteiger partial charge in [0.1, 0.15) is 18.1 Å². The molecule has 0 aliphatic rings. The summed E-state index contributed by atoms with van der Waals surface area (Å²) in [6.07, 6.45) is -2.25. The van der Waals surface area contributed by atoms with Crippen LogP contribution in [-0.4, -0.2) is 46.6 Å². The third kappa shape index (κ3) is 4.15. The molecule has 0 amide bonds. The highest BCUT2D eigenvalue weighted by Gasteiger charge is 2.56. The van der Waals surface area contributed by atoms with Gasteiger partial charge in [-0.1, -0.05) is 18.2 Å². The molecule has 0 aliphatic heterocycles. The standard InChI is InChI=1S/C23H20F4N4O3/c1-33-7-8-34-19-12-30-21(28)31-20(19)17-11-29-18-6-5-14(10-16(17)18)22(32,23(25,26)27)13-3-2-4-15(24)9-13/h2-6,9-12,29,32H,7-8H2,1H3,(H2,28,30,31). The molecule has 2 aromatic heterocycles. The Morgan fingerprint density at radius 2 is 1.85 bits per heavy atom. The third-order valence-corrected chi connectivity index (χ3v) is 5.33. The fourth-order valence-corrected chi connectivity index (χ4v) is 3.67. The molecule has 7 nitrogen and oxygen atoms in total. The lowest BCUT2D eigenvalue weighted by Gasteiger charge is -2.31. The van der Waals surface area contributed by atoms with E-state index in [1.807, 2.05) is 0 Å². The van der Waals surface area contributed by atoms with E-state index in [1.165, 1.54) is 31.6 Å². The van der Waals surface area contributed by atoms with Gasteiger partial charge < -0.3 is 25.3 Å². The second-order valence-corrected chi connectivity index (χ2v) is 7.46. The van der Waals surface area contributed by atoms with E-state index in [0.29, 0.717) is 22.5 Å². The minimum atomic E-state index is -5.14. The number of hydrogen-bond donors (Lipinski definition) is 3. The number of fused-ring (bicyclic) bond motifs is 1. The van der Waals surface area contributed by atoms with Crippen molar-refractivity contribution < 1.29 is 32.1 Å². The number of nitrogen functional groups attached to an aromatic ring is 1. The molecule has 0 radical (unpaired) electrons. The average Bonchev–Trinajstić information content (AvgIpc) is 3.22. The zero-order chi connectivity index (χ0) is 24.5. The number of nitrogens with zero attached hydrogens (tertiary/aromatic N) is 2. The van der Waals surface area contributed by atoms with Crippen LogP contribution in [0.3, 0.4) is 0 Å². The Balaban J connectivity index is 1.89. The number of ether oxygens (including phenoxy) is 2. The summed E-state index contributed by atoms with van der Waals surface area (Å²) in [6, 6.07) is 7.48. The number of nitrogens with one attached hydrogen (secondary N) is 1. The van der Waals surface area contributed by atoms with Gasteiger partial charge in [0.2, 0.25) is 11.5 Å². The summed E-state index contributed by atoms with van der Waals surface area (Å²) in [5, 5.41) is 11.2. The van der Waals surface area contributed by atoms with E-state index in [2.05, 4.69) is 15.0 Å². The molecule has 2 aromatic carbocycles. The van der Waals surface area contributed by atoms with Crippen LogP contribution in [0.15, 0.2) is 54.9 Å². The number of H-pyrrole nitrogens is 1. The molecule has 0 saturated heterocycles. The van der Waals surface area contributed by atoms with Crippen molar-refractivity contribution in [1.82, 2.24) is 15.0 Å². The first-order valence-electron chi connectivity index (χ1n) is 10.1. The molecule has 4 N–H and O–H groups in total. The Labute approximate surface area is 191 Å². The number of methoxy groups -OCH3 is 1. The maximum Gasteiger partial charge on any atom is 0.425 e. The van der Waals surface area contributed by atoms with Crippen LogP contribution in [-0.2, 0) is 10.3 Å². The Morgan fingerprint density at radius 1 is 1.09 bits per heavy atom. The lowest BCUT2D eigenvalue weighted by molar-refractivity contribution is -0.248. The summed E-state index contributed by atoms with van der Waals surface area (Å²) in [6.45, 7) is 0.464. The first kappa shape index (κ1) is 23.5. The van der Waals surface area contributed by atoms with Crippen molar-refractivity contribution in [2.24, 2.45) is 0 Å². The van der Waals surface area contributed by atoms with Gasteiger partial charge in [-0.2, -0.15) is 13.2 Å². The number of benzene rings is 2. The molecule has 4 aromatic rings. The number of rotatable bonds is 7. The Bertz CT molecular complexity index is 1330. The van der Waals surface area contributed by atoms with Gasteiger partial charge >= 0.3 is 6.18 Å². The van der Waals surface area contributed by atoms with Crippen LogP contribution in [0.5, 0.6) is 5.75 Å². The number of aromatic nitrogens is 3. The Kier molecular flexibility index (Phi) is 6.15. The predicted octanol–water partition coefficient (Wildman–Crippen LogP) is 4.17. The number of halogens is 4. The summed E-state index contributed by atoms with van der Waals surface area (Å²) in [4.78, 5) is 11.1. The molecule has 4 rings (SSSR count). The second kappa shape index (κ2) is 8.92. The van der Waals surface area contributed by atoms with E-state index in [1.54, 1.807) is 0 Å². The molecule has 178 valence electrons. The molecule has 0 saturated carbocycles. The second-order valence-electron chi connectivity index (χ2n) is 7.46. The number of hydrogen-bond acceptors (Lipinski definition) is 6. The number of nitrogens with two attached hydrogens (primary N) is 1.